The van der Waals surface area contributed by atoms with Gasteiger partial charge in [0.05, 0.1) is 5.60 Å². The van der Waals surface area contributed by atoms with Crippen LogP contribution < -0.4 is 0 Å². The molecule has 0 aromatic rings. The van der Waals surface area contributed by atoms with E-state index in [0.717, 1.165) is 38.5 Å². The number of Topliss-reactive ketones (excluding diaryl/α,β-unsaturated/α-hetero) is 1. The molecule has 1 spiro atoms. The maximum atomic E-state index is 12.5. The minimum Gasteiger partial charge on any atom is -0.385 e. The van der Waals surface area contributed by atoms with Crippen molar-refractivity contribution in [2.24, 2.45) is 11.8 Å². The predicted octanol–water partition coefficient (Wildman–Crippen LogP) is 2.85. The largest absolute Gasteiger partial charge is 0.385 e. The lowest BCUT2D eigenvalue weighted by Crippen LogP contribution is -2.49. The normalized spacial score (nSPS) is 32.8. The average Bonchev–Trinajstić information content (AvgIpc) is 2.45. The number of hydrogen-bond donors (Lipinski definition) is 1. The van der Waals surface area contributed by atoms with Crippen molar-refractivity contribution in [2.75, 3.05) is 6.61 Å². The molecule has 0 aromatic heterocycles. The fourth-order valence-corrected chi connectivity index (χ4v) is 4.11. The highest BCUT2D eigenvalue weighted by Crippen LogP contribution is 2.45. The zero-order chi connectivity index (χ0) is 13.3. The highest BCUT2D eigenvalue weighted by atomic mass is 16.5. The Balaban J connectivity index is 1.59. The van der Waals surface area contributed by atoms with Crippen LogP contribution in [0.4, 0.5) is 0 Å². The summed E-state index contributed by atoms with van der Waals surface area (Å²) in [6.07, 6.45) is 10.1. The fraction of sp³-hybridized carbons (Fsp3) is 0.938. The third-order valence-electron chi connectivity index (χ3n) is 5.55. The molecule has 3 nitrogen and oxygen atoms in total. The van der Waals surface area contributed by atoms with Gasteiger partial charge in [-0.1, -0.05) is 19.3 Å². The van der Waals surface area contributed by atoms with Gasteiger partial charge >= 0.3 is 0 Å². The van der Waals surface area contributed by atoms with Crippen LogP contribution in [0.15, 0.2) is 0 Å². The van der Waals surface area contributed by atoms with Gasteiger partial charge in [-0.3, -0.25) is 4.79 Å². The lowest BCUT2D eigenvalue weighted by molar-refractivity contribution is -0.162. The monoisotopic (exact) mass is 266 g/mol. The van der Waals surface area contributed by atoms with Gasteiger partial charge in [0, 0.05) is 12.5 Å². The van der Waals surface area contributed by atoms with E-state index in [0.29, 0.717) is 6.61 Å². The molecule has 1 heterocycles. The van der Waals surface area contributed by atoms with Crippen LogP contribution in [0.2, 0.25) is 0 Å². The van der Waals surface area contributed by atoms with Gasteiger partial charge in [-0.25, -0.2) is 0 Å². The van der Waals surface area contributed by atoms with Crippen LogP contribution in [0.25, 0.3) is 0 Å². The second-order valence-corrected chi connectivity index (χ2v) is 6.82. The maximum Gasteiger partial charge on any atom is 0.164 e. The van der Waals surface area contributed by atoms with Crippen molar-refractivity contribution in [3.63, 3.8) is 0 Å². The van der Waals surface area contributed by atoms with Crippen LogP contribution in [0.5, 0.6) is 0 Å². The molecule has 1 saturated heterocycles. The van der Waals surface area contributed by atoms with Crippen molar-refractivity contribution in [1.82, 2.24) is 0 Å². The molecule has 0 amide bonds. The van der Waals surface area contributed by atoms with Crippen LogP contribution in [0, 0.1) is 11.8 Å². The van der Waals surface area contributed by atoms with E-state index in [1.807, 2.05) is 0 Å². The van der Waals surface area contributed by atoms with E-state index in [1.54, 1.807) is 0 Å². The van der Waals surface area contributed by atoms with E-state index < -0.39 is 6.10 Å². The van der Waals surface area contributed by atoms with Gasteiger partial charge < -0.3 is 9.84 Å². The third-order valence-corrected chi connectivity index (χ3v) is 5.55. The van der Waals surface area contributed by atoms with Crippen molar-refractivity contribution >= 4 is 5.78 Å². The molecule has 3 rings (SSSR count). The molecule has 3 aliphatic rings. The molecule has 108 valence electrons. The minimum atomic E-state index is -0.708. The Bertz CT molecular complexity index is 329. The van der Waals surface area contributed by atoms with E-state index in [4.69, 9.17) is 4.74 Å². The molecule has 3 heteroatoms. The van der Waals surface area contributed by atoms with Crippen LogP contribution in [-0.4, -0.2) is 29.2 Å². The van der Waals surface area contributed by atoms with E-state index in [2.05, 4.69) is 0 Å². The molecule has 1 aliphatic heterocycles. The number of ketones is 1. The zero-order valence-electron chi connectivity index (χ0n) is 11.8. The Hall–Kier alpha value is -0.410. The van der Waals surface area contributed by atoms with Crippen molar-refractivity contribution < 1.29 is 14.6 Å². The summed E-state index contributed by atoms with van der Waals surface area (Å²) in [6, 6.07) is 0. The first-order chi connectivity index (χ1) is 9.20. The second kappa shape index (κ2) is 5.53. The van der Waals surface area contributed by atoms with E-state index in [-0.39, 0.29) is 23.2 Å². The van der Waals surface area contributed by atoms with Gasteiger partial charge in [-0.2, -0.15) is 0 Å². The van der Waals surface area contributed by atoms with Crippen molar-refractivity contribution in [3.8, 4) is 0 Å². The predicted molar refractivity (Wildman–Crippen MR) is 72.8 cm³/mol. The number of carbonyl (C=O) groups excluding carboxylic acids is 1. The van der Waals surface area contributed by atoms with Crippen molar-refractivity contribution in [2.45, 2.75) is 75.9 Å². The molecule has 0 bridgehead atoms. The SMILES string of the molecule is O=C(C1CCOC2(CCC2)C1)C(O)C1CCCCC1. The highest BCUT2D eigenvalue weighted by Gasteiger charge is 2.45. The highest BCUT2D eigenvalue weighted by molar-refractivity contribution is 5.85. The molecule has 2 aliphatic carbocycles. The summed E-state index contributed by atoms with van der Waals surface area (Å²) in [7, 11) is 0. The molecule has 0 radical (unpaired) electrons. The summed E-state index contributed by atoms with van der Waals surface area (Å²) in [5.74, 6) is 0.383. The first-order valence-electron chi connectivity index (χ1n) is 8.06. The summed E-state index contributed by atoms with van der Waals surface area (Å²) < 4.78 is 5.87. The van der Waals surface area contributed by atoms with Gasteiger partial charge in [0.2, 0.25) is 0 Å². The van der Waals surface area contributed by atoms with Gasteiger partial charge in [0.15, 0.2) is 5.78 Å². The molecular formula is C16H26O3. The average molecular weight is 266 g/mol. The van der Waals surface area contributed by atoms with Crippen LogP contribution in [-0.2, 0) is 9.53 Å². The number of aliphatic hydroxyl groups excluding tert-OH is 1. The summed E-state index contributed by atoms with van der Waals surface area (Å²) >= 11 is 0. The Morgan fingerprint density at radius 2 is 1.84 bits per heavy atom. The lowest BCUT2D eigenvalue weighted by atomic mass is 9.69. The Kier molecular flexibility index (Phi) is 3.95. The molecule has 19 heavy (non-hydrogen) atoms. The lowest BCUT2D eigenvalue weighted by Gasteiger charge is -2.47. The maximum absolute atomic E-state index is 12.5. The minimum absolute atomic E-state index is 0.00482. The fourth-order valence-electron chi connectivity index (χ4n) is 4.11. The number of rotatable bonds is 3. The third kappa shape index (κ3) is 2.73. The molecular weight excluding hydrogens is 240 g/mol. The summed E-state index contributed by atoms with van der Waals surface area (Å²) in [4.78, 5) is 12.5. The quantitative estimate of drug-likeness (QED) is 0.854. The molecule has 0 aromatic carbocycles. The standard InChI is InChI=1S/C16H26O3/c17-14(12-5-2-1-3-6-12)15(18)13-7-10-19-16(11-13)8-4-9-16/h12-14,17H,1-11H2. The Morgan fingerprint density at radius 3 is 2.47 bits per heavy atom. The first kappa shape index (κ1) is 13.6. The van der Waals surface area contributed by atoms with Gasteiger partial charge in [-0.15, -0.1) is 0 Å². The zero-order valence-corrected chi connectivity index (χ0v) is 11.8. The first-order valence-corrected chi connectivity index (χ1v) is 8.06. The molecule has 3 fully saturated rings. The molecule has 1 N–H and O–H groups in total. The molecule has 2 unspecified atom stereocenters. The second-order valence-electron chi connectivity index (χ2n) is 6.82. The number of ether oxygens (including phenoxy) is 1. The van der Waals surface area contributed by atoms with Gasteiger partial charge in [0.25, 0.3) is 0 Å². The van der Waals surface area contributed by atoms with E-state index in [1.165, 1.54) is 25.7 Å². The Morgan fingerprint density at radius 1 is 1.11 bits per heavy atom. The number of hydrogen-bond acceptors (Lipinski definition) is 3. The summed E-state index contributed by atoms with van der Waals surface area (Å²) in [6.45, 7) is 0.702. The molecule has 2 saturated carbocycles. The summed E-state index contributed by atoms with van der Waals surface area (Å²) in [5.41, 5.74) is 0.00482. The van der Waals surface area contributed by atoms with Gasteiger partial charge in [-0.05, 0) is 50.9 Å². The summed E-state index contributed by atoms with van der Waals surface area (Å²) in [5, 5.41) is 10.4. The smallest absolute Gasteiger partial charge is 0.164 e. The van der Waals surface area contributed by atoms with Crippen LogP contribution in [0.1, 0.15) is 64.2 Å². The van der Waals surface area contributed by atoms with E-state index >= 15 is 0 Å². The molecule has 2 atom stereocenters. The number of aliphatic hydroxyl groups is 1. The topological polar surface area (TPSA) is 46.5 Å². The van der Waals surface area contributed by atoms with Crippen LogP contribution in [0.3, 0.4) is 0 Å². The van der Waals surface area contributed by atoms with Crippen molar-refractivity contribution in [1.29, 1.82) is 0 Å². The van der Waals surface area contributed by atoms with Crippen molar-refractivity contribution in [3.05, 3.63) is 0 Å². The Labute approximate surface area is 115 Å². The number of carbonyl (C=O) groups is 1. The van der Waals surface area contributed by atoms with Gasteiger partial charge in [0.1, 0.15) is 6.10 Å². The van der Waals surface area contributed by atoms with E-state index in [9.17, 15) is 9.90 Å². The van der Waals surface area contributed by atoms with Crippen LogP contribution >= 0.6 is 0 Å².